The van der Waals surface area contributed by atoms with Crippen LogP contribution in [0.25, 0.3) is 11.3 Å². The summed E-state index contributed by atoms with van der Waals surface area (Å²) in [6.07, 6.45) is 5.22. The Hall–Kier alpha value is -3.45. The van der Waals surface area contributed by atoms with E-state index in [1.54, 1.807) is 23.1 Å². The predicted molar refractivity (Wildman–Crippen MR) is 149 cm³/mol. The minimum atomic E-state index is -0.871. The molecule has 1 atom stereocenters. The van der Waals surface area contributed by atoms with Gasteiger partial charge in [0.15, 0.2) is 0 Å². The topological polar surface area (TPSA) is 68.4 Å². The van der Waals surface area contributed by atoms with Crippen LogP contribution < -0.4 is 5.32 Å². The van der Waals surface area contributed by atoms with Crippen LogP contribution in [-0.4, -0.2) is 58.8 Å². The summed E-state index contributed by atoms with van der Waals surface area (Å²) < 4.78 is 13.9. The molecule has 0 spiro atoms. The number of nitrogens with zero attached hydrogens (tertiary/aromatic N) is 2. The number of likely N-dealkylation sites (N-methyl/N-ethyl adjacent to an activating group) is 1. The van der Waals surface area contributed by atoms with Gasteiger partial charge in [-0.05, 0) is 61.3 Å². The Balaban J connectivity index is 1.68. The Kier molecular flexibility index (Phi) is 9.71. The van der Waals surface area contributed by atoms with E-state index in [0.29, 0.717) is 24.3 Å². The Morgan fingerprint density at radius 1 is 0.921 bits per heavy atom. The number of aromatic amines is 1. The first-order chi connectivity index (χ1) is 18.5. The number of halogens is 1. The third-order valence-corrected chi connectivity index (χ3v) is 7.51. The molecule has 0 aliphatic heterocycles. The van der Waals surface area contributed by atoms with Gasteiger partial charge in [-0.15, -0.1) is 0 Å². The van der Waals surface area contributed by atoms with Gasteiger partial charge in [-0.3, -0.25) is 9.59 Å². The molecule has 0 unspecified atom stereocenters. The highest BCUT2D eigenvalue weighted by atomic mass is 19.1. The third kappa shape index (κ3) is 6.90. The molecule has 1 saturated carbocycles. The Bertz CT molecular complexity index is 1170. The van der Waals surface area contributed by atoms with Crippen molar-refractivity contribution in [2.24, 2.45) is 0 Å². The number of rotatable bonds is 11. The van der Waals surface area contributed by atoms with Crippen molar-refractivity contribution in [3.8, 4) is 11.3 Å². The fourth-order valence-electron chi connectivity index (χ4n) is 5.24. The summed E-state index contributed by atoms with van der Waals surface area (Å²) in [6.45, 7) is 6.84. The highest BCUT2D eigenvalue weighted by Gasteiger charge is 2.34. The van der Waals surface area contributed by atoms with Gasteiger partial charge in [0.25, 0.3) is 5.91 Å². The lowest BCUT2D eigenvalue weighted by Crippen LogP contribution is -2.49. The molecule has 3 aromatic rings. The fourth-order valence-corrected chi connectivity index (χ4v) is 5.24. The standard InChI is InChI=1S/C31H39FN4O2/c1-3-35(4-2)21-22-36(31(38)28-20-19-27(34-28)23-11-7-5-8-12-23)29(24-15-17-25(32)18-16-24)30(37)33-26-13-9-6-10-14-26/h5,7-8,11-12,15-20,26,29,34H,3-4,6,9-10,13-14,21-22H2,1-2H3,(H,33,37)/t29-/m1/s1. The lowest BCUT2D eigenvalue weighted by molar-refractivity contribution is -0.127. The second kappa shape index (κ2) is 13.4. The summed E-state index contributed by atoms with van der Waals surface area (Å²) in [4.78, 5) is 35.1. The van der Waals surface area contributed by atoms with Gasteiger partial charge < -0.3 is 20.1 Å². The number of hydrogen-bond donors (Lipinski definition) is 2. The number of hydrogen-bond acceptors (Lipinski definition) is 3. The van der Waals surface area contributed by atoms with Gasteiger partial charge in [0.1, 0.15) is 17.6 Å². The summed E-state index contributed by atoms with van der Waals surface area (Å²) in [6, 6.07) is 18.6. The van der Waals surface area contributed by atoms with Crippen LogP contribution in [0.1, 0.15) is 68.0 Å². The molecule has 6 nitrogen and oxygen atoms in total. The van der Waals surface area contributed by atoms with Crippen molar-refractivity contribution in [1.82, 2.24) is 20.1 Å². The molecule has 0 bridgehead atoms. The maximum atomic E-state index is 14.1. The Labute approximate surface area is 225 Å². The summed E-state index contributed by atoms with van der Waals surface area (Å²) in [5.41, 5.74) is 2.83. The summed E-state index contributed by atoms with van der Waals surface area (Å²) in [5, 5.41) is 3.22. The van der Waals surface area contributed by atoms with Crippen molar-refractivity contribution in [3.63, 3.8) is 0 Å². The molecule has 2 aromatic carbocycles. The van der Waals surface area contributed by atoms with E-state index in [4.69, 9.17) is 0 Å². The molecule has 1 aliphatic carbocycles. The minimum Gasteiger partial charge on any atom is -0.351 e. The van der Waals surface area contributed by atoms with Crippen molar-refractivity contribution >= 4 is 11.8 Å². The molecule has 1 fully saturated rings. The Morgan fingerprint density at radius 2 is 1.61 bits per heavy atom. The van der Waals surface area contributed by atoms with Crippen molar-refractivity contribution in [2.45, 2.75) is 58.0 Å². The number of H-pyrrole nitrogens is 1. The van der Waals surface area contributed by atoms with E-state index in [1.807, 2.05) is 36.4 Å². The zero-order valence-corrected chi connectivity index (χ0v) is 22.5. The number of nitrogens with one attached hydrogen (secondary N) is 2. The van der Waals surface area contributed by atoms with E-state index in [0.717, 1.165) is 50.0 Å². The Morgan fingerprint density at radius 3 is 2.26 bits per heavy atom. The van der Waals surface area contributed by atoms with Gasteiger partial charge >= 0.3 is 0 Å². The van der Waals surface area contributed by atoms with Crippen LogP contribution in [0.2, 0.25) is 0 Å². The maximum Gasteiger partial charge on any atom is 0.271 e. The predicted octanol–water partition coefficient (Wildman–Crippen LogP) is 5.80. The highest BCUT2D eigenvalue weighted by Crippen LogP contribution is 2.27. The van der Waals surface area contributed by atoms with Crippen LogP contribution in [0.15, 0.2) is 66.7 Å². The van der Waals surface area contributed by atoms with Crippen molar-refractivity contribution in [3.05, 3.63) is 83.8 Å². The summed E-state index contributed by atoms with van der Waals surface area (Å²) in [7, 11) is 0. The first-order valence-electron chi connectivity index (χ1n) is 13.8. The smallest absolute Gasteiger partial charge is 0.271 e. The van der Waals surface area contributed by atoms with Gasteiger partial charge in [-0.2, -0.15) is 0 Å². The normalized spacial score (nSPS) is 14.8. The van der Waals surface area contributed by atoms with Crippen LogP contribution in [0.4, 0.5) is 4.39 Å². The molecule has 0 radical (unpaired) electrons. The molecule has 202 valence electrons. The zero-order valence-electron chi connectivity index (χ0n) is 22.5. The van der Waals surface area contributed by atoms with Crippen LogP contribution >= 0.6 is 0 Å². The van der Waals surface area contributed by atoms with Gasteiger partial charge in [-0.1, -0.05) is 75.6 Å². The SMILES string of the molecule is CCN(CC)CCN(C(=O)c1ccc(-c2ccccc2)[nH]1)[C@@H](C(=O)NC1CCCCC1)c1ccc(F)cc1. The number of aromatic nitrogens is 1. The monoisotopic (exact) mass is 518 g/mol. The fraction of sp³-hybridized carbons (Fsp3) is 0.419. The molecular weight excluding hydrogens is 479 g/mol. The lowest BCUT2D eigenvalue weighted by atomic mass is 9.94. The summed E-state index contributed by atoms with van der Waals surface area (Å²) in [5.74, 6) is -0.850. The van der Waals surface area contributed by atoms with Crippen LogP contribution in [-0.2, 0) is 4.79 Å². The number of carbonyl (C=O) groups excluding carboxylic acids is 2. The lowest BCUT2D eigenvalue weighted by Gasteiger charge is -2.34. The number of carbonyl (C=O) groups is 2. The molecular formula is C31H39FN4O2. The van der Waals surface area contributed by atoms with Gasteiger partial charge in [0.2, 0.25) is 5.91 Å². The highest BCUT2D eigenvalue weighted by molar-refractivity contribution is 5.97. The second-order valence-corrected chi connectivity index (χ2v) is 9.97. The quantitative estimate of drug-likeness (QED) is 0.337. The van der Waals surface area contributed by atoms with Crippen molar-refractivity contribution in [1.29, 1.82) is 0 Å². The first-order valence-corrected chi connectivity index (χ1v) is 13.8. The van der Waals surface area contributed by atoms with E-state index in [9.17, 15) is 14.0 Å². The van der Waals surface area contributed by atoms with E-state index in [1.165, 1.54) is 18.6 Å². The van der Waals surface area contributed by atoms with E-state index < -0.39 is 6.04 Å². The largest absolute Gasteiger partial charge is 0.351 e. The van der Waals surface area contributed by atoms with Crippen LogP contribution in [0, 0.1) is 5.82 Å². The van der Waals surface area contributed by atoms with Crippen LogP contribution in [0.5, 0.6) is 0 Å². The molecule has 2 amide bonds. The second-order valence-electron chi connectivity index (χ2n) is 9.97. The van der Waals surface area contributed by atoms with E-state index >= 15 is 0 Å². The minimum absolute atomic E-state index is 0.0918. The molecule has 2 N–H and O–H groups in total. The third-order valence-electron chi connectivity index (χ3n) is 7.51. The maximum absolute atomic E-state index is 14.1. The molecule has 38 heavy (non-hydrogen) atoms. The molecule has 1 aliphatic rings. The van der Waals surface area contributed by atoms with E-state index in [-0.39, 0.29) is 23.7 Å². The van der Waals surface area contributed by atoms with Gasteiger partial charge in [0, 0.05) is 24.8 Å². The zero-order chi connectivity index (χ0) is 26.9. The number of amides is 2. The van der Waals surface area contributed by atoms with E-state index in [2.05, 4.69) is 29.0 Å². The van der Waals surface area contributed by atoms with Gasteiger partial charge in [-0.25, -0.2) is 4.39 Å². The van der Waals surface area contributed by atoms with Crippen LogP contribution in [0.3, 0.4) is 0 Å². The van der Waals surface area contributed by atoms with Crippen molar-refractivity contribution < 1.29 is 14.0 Å². The van der Waals surface area contributed by atoms with Crippen molar-refractivity contribution in [2.75, 3.05) is 26.2 Å². The molecule has 4 rings (SSSR count). The summed E-state index contributed by atoms with van der Waals surface area (Å²) >= 11 is 0. The average Bonchev–Trinajstić information content (AvgIpc) is 3.45. The number of benzene rings is 2. The molecule has 7 heteroatoms. The molecule has 0 saturated heterocycles. The molecule has 1 aromatic heterocycles. The molecule has 1 heterocycles. The first kappa shape index (κ1) is 27.6. The van der Waals surface area contributed by atoms with Gasteiger partial charge in [0.05, 0.1) is 0 Å². The average molecular weight is 519 g/mol.